The van der Waals surface area contributed by atoms with Gasteiger partial charge in [-0.15, -0.1) is 0 Å². The minimum Gasteiger partial charge on any atom is -0.489 e. The SMILES string of the molecule is C=C(C)COc1ccc(NCC(=O)Nc2cccc(Cl)c2C)cc1. The molecule has 0 atom stereocenters. The van der Waals surface area contributed by atoms with Gasteiger partial charge in [0.05, 0.1) is 6.54 Å². The van der Waals surface area contributed by atoms with Crippen molar-refractivity contribution in [2.45, 2.75) is 13.8 Å². The number of benzene rings is 2. The molecule has 0 aliphatic carbocycles. The first kappa shape index (κ1) is 17.9. The Morgan fingerprint density at radius 2 is 1.92 bits per heavy atom. The average Bonchev–Trinajstić information content (AvgIpc) is 2.56. The van der Waals surface area contributed by atoms with Crippen LogP contribution in [-0.2, 0) is 4.79 Å². The van der Waals surface area contributed by atoms with Crippen molar-refractivity contribution in [2.75, 3.05) is 23.8 Å². The van der Waals surface area contributed by atoms with Crippen LogP contribution in [-0.4, -0.2) is 19.1 Å². The van der Waals surface area contributed by atoms with Gasteiger partial charge in [0.25, 0.3) is 0 Å². The molecular weight excluding hydrogens is 324 g/mol. The van der Waals surface area contributed by atoms with Crippen molar-refractivity contribution >= 4 is 28.9 Å². The molecule has 0 saturated heterocycles. The number of nitrogens with one attached hydrogen (secondary N) is 2. The summed E-state index contributed by atoms with van der Waals surface area (Å²) in [6.45, 7) is 8.23. The first-order valence-corrected chi connectivity index (χ1v) is 7.99. The Morgan fingerprint density at radius 3 is 2.58 bits per heavy atom. The molecule has 5 heteroatoms. The van der Waals surface area contributed by atoms with Crippen molar-refractivity contribution in [3.63, 3.8) is 0 Å². The molecule has 4 nitrogen and oxygen atoms in total. The van der Waals surface area contributed by atoms with Gasteiger partial charge >= 0.3 is 0 Å². The van der Waals surface area contributed by atoms with Crippen LogP contribution in [0.25, 0.3) is 0 Å². The highest BCUT2D eigenvalue weighted by molar-refractivity contribution is 6.31. The largest absolute Gasteiger partial charge is 0.489 e. The second-order valence-corrected chi connectivity index (χ2v) is 5.99. The summed E-state index contributed by atoms with van der Waals surface area (Å²) in [4.78, 5) is 12.0. The average molecular weight is 345 g/mol. The molecule has 126 valence electrons. The van der Waals surface area contributed by atoms with E-state index in [1.165, 1.54) is 0 Å². The van der Waals surface area contributed by atoms with Gasteiger partial charge in [-0.2, -0.15) is 0 Å². The second kappa shape index (κ2) is 8.41. The molecule has 0 spiro atoms. The van der Waals surface area contributed by atoms with Crippen molar-refractivity contribution in [2.24, 2.45) is 0 Å². The Morgan fingerprint density at radius 1 is 1.21 bits per heavy atom. The van der Waals surface area contributed by atoms with Gasteiger partial charge in [-0.05, 0) is 61.4 Å². The van der Waals surface area contributed by atoms with E-state index < -0.39 is 0 Å². The molecule has 2 aromatic carbocycles. The zero-order valence-electron chi connectivity index (χ0n) is 13.9. The lowest BCUT2D eigenvalue weighted by Gasteiger charge is -2.11. The maximum atomic E-state index is 12.0. The van der Waals surface area contributed by atoms with Gasteiger partial charge in [0, 0.05) is 16.4 Å². The smallest absolute Gasteiger partial charge is 0.243 e. The van der Waals surface area contributed by atoms with E-state index in [2.05, 4.69) is 17.2 Å². The fourth-order valence-electron chi connectivity index (χ4n) is 2.00. The van der Waals surface area contributed by atoms with Crippen molar-refractivity contribution in [1.29, 1.82) is 0 Å². The van der Waals surface area contributed by atoms with E-state index in [1.54, 1.807) is 6.07 Å². The van der Waals surface area contributed by atoms with Gasteiger partial charge < -0.3 is 15.4 Å². The number of amides is 1. The van der Waals surface area contributed by atoms with Crippen LogP contribution in [0.2, 0.25) is 5.02 Å². The Labute approximate surface area is 147 Å². The van der Waals surface area contributed by atoms with Crippen LogP contribution >= 0.6 is 11.6 Å². The number of hydrogen-bond acceptors (Lipinski definition) is 3. The highest BCUT2D eigenvalue weighted by atomic mass is 35.5. The number of carbonyl (C=O) groups excluding carboxylic acids is 1. The Hall–Kier alpha value is -2.46. The predicted molar refractivity (Wildman–Crippen MR) is 100 cm³/mol. The van der Waals surface area contributed by atoms with E-state index in [4.69, 9.17) is 16.3 Å². The van der Waals surface area contributed by atoms with E-state index in [9.17, 15) is 4.79 Å². The first-order chi connectivity index (χ1) is 11.5. The van der Waals surface area contributed by atoms with Gasteiger partial charge in [-0.1, -0.05) is 24.2 Å². The van der Waals surface area contributed by atoms with E-state index in [0.29, 0.717) is 11.6 Å². The summed E-state index contributed by atoms with van der Waals surface area (Å²) in [5.41, 5.74) is 3.38. The summed E-state index contributed by atoms with van der Waals surface area (Å²) in [7, 11) is 0. The monoisotopic (exact) mass is 344 g/mol. The summed E-state index contributed by atoms with van der Waals surface area (Å²) in [6.07, 6.45) is 0. The third kappa shape index (κ3) is 5.32. The molecular formula is C19H21ClN2O2. The quantitative estimate of drug-likeness (QED) is 0.718. The summed E-state index contributed by atoms with van der Waals surface area (Å²) >= 11 is 6.05. The van der Waals surface area contributed by atoms with Crippen molar-refractivity contribution in [1.82, 2.24) is 0 Å². The summed E-state index contributed by atoms with van der Waals surface area (Å²) < 4.78 is 5.53. The predicted octanol–water partition coefficient (Wildman–Crippen LogP) is 4.65. The molecule has 2 rings (SSSR count). The number of anilines is 2. The lowest BCUT2D eigenvalue weighted by atomic mass is 10.2. The Balaban J connectivity index is 1.85. The maximum Gasteiger partial charge on any atom is 0.243 e. The number of hydrogen-bond donors (Lipinski definition) is 2. The molecule has 0 heterocycles. The zero-order chi connectivity index (χ0) is 17.5. The van der Waals surface area contributed by atoms with E-state index >= 15 is 0 Å². The second-order valence-electron chi connectivity index (χ2n) is 5.58. The van der Waals surface area contributed by atoms with Crippen LogP contribution in [0, 0.1) is 6.92 Å². The molecule has 0 bridgehead atoms. The molecule has 0 radical (unpaired) electrons. The van der Waals surface area contributed by atoms with Gasteiger partial charge in [0.2, 0.25) is 5.91 Å². The fourth-order valence-corrected chi connectivity index (χ4v) is 2.17. The first-order valence-electron chi connectivity index (χ1n) is 7.62. The minimum atomic E-state index is -0.136. The Kier molecular flexibility index (Phi) is 6.27. The standard InChI is InChI=1S/C19H21ClN2O2/c1-13(2)12-24-16-9-7-15(8-10-16)21-11-19(23)22-18-6-4-5-17(20)14(18)3/h4-10,21H,1,11-12H2,2-3H3,(H,22,23). The topological polar surface area (TPSA) is 50.4 Å². The molecule has 2 N–H and O–H groups in total. The van der Waals surface area contributed by atoms with E-state index in [0.717, 1.165) is 28.3 Å². The molecule has 0 fully saturated rings. The highest BCUT2D eigenvalue weighted by Crippen LogP contribution is 2.23. The number of rotatable bonds is 7. The normalized spacial score (nSPS) is 10.1. The lowest BCUT2D eigenvalue weighted by molar-refractivity contribution is -0.114. The van der Waals surface area contributed by atoms with Crippen LogP contribution in [0.15, 0.2) is 54.6 Å². The zero-order valence-corrected chi connectivity index (χ0v) is 14.6. The van der Waals surface area contributed by atoms with E-state index in [-0.39, 0.29) is 12.5 Å². The van der Waals surface area contributed by atoms with Crippen molar-refractivity contribution in [3.05, 3.63) is 65.2 Å². The molecule has 1 amide bonds. The van der Waals surface area contributed by atoms with Crippen LogP contribution in [0.3, 0.4) is 0 Å². The number of halogens is 1. The van der Waals surface area contributed by atoms with Crippen molar-refractivity contribution in [3.8, 4) is 5.75 Å². The van der Waals surface area contributed by atoms with Crippen LogP contribution in [0.4, 0.5) is 11.4 Å². The third-order valence-corrected chi connectivity index (χ3v) is 3.74. The molecule has 0 aromatic heterocycles. The van der Waals surface area contributed by atoms with Gasteiger partial charge in [0.1, 0.15) is 12.4 Å². The summed E-state index contributed by atoms with van der Waals surface area (Å²) in [5, 5.41) is 6.55. The van der Waals surface area contributed by atoms with Crippen LogP contribution < -0.4 is 15.4 Å². The number of carbonyl (C=O) groups is 1. The van der Waals surface area contributed by atoms with Gasteiger partial charge in [-0.3, -0.25) is 4.79 Å². The van der Waals surface area contributed by atoms with Crippen LogP contribution in [0.1, 0.15) is 12.5 Å². The summed E-state index contributed by atoms with van der Waals surface area (Å²) in [6, 6.07) is 12.9. The van der Waals surface area contributed by atoms with E-state index in [1.807, 2.05) is 50.2 Å². The van der Waals surface area contributed by atoms with Crippen LogP contribution in [0.5, 0.6) is 5.75 Å². The van der Waals surface area contributed by atoms with Gasteiger partial charge in [0.15, 0.2) is 0 Å². The van der Waals surface area contributed by atoms with Crippen molar-refractivity contribution < 1.29 is 9.53 Å². The molecule has 0 aliphatic heterocycles. The summed E-state index contributed by atoms with van der Waals surface area (Å²) in [5.74, 6) is 0.630. The highest BCUT2D eigenvalue weighted by Gasteiger charge is 2.06. The molecule has 24 heavy (non-hydrogen) atoms. The molecule has 2 aromatic rings. The fraction of sp³-hybridized carbons (Fsp3) is 0.211. The van der Waals surface area contributed by atoms with Gasteiger partial charge in [-0.25, -0.2) is 0 Å². The molecule has 0 saturated carbocycles. The molecule has 0 aliphatic rings. The lowest BCUT2D eigenvalue weighted by Crippen LogP contribution is -2.22. The maximum absolute atomic E-state index is 12.0. The minimum absolute atomic E-state index is 0.136. The molecule has 0 unspecified atom stereocenters. The third-order valence-electron chi connectivity index (χ3n) is 3.33. The number of ether oxygens (including phenoxy) is 1. The Bertz CT molecular complexity index is 727.